The maximum Gasteiger partial charge on any atom is 0.309 e. The van der Waals surface area contributed by atoms with Gasteiger partial charge in [0.25, 0.3) is 0 Å². The summed E-state index contributed by atoms with van der Waals surface area (Å²) in [5.74, 6) is 0.853. The Morgan fingerprint density at radius 1 is 1.39 bits per heavy atom. The molecule has 0 aliphatic carbocycles. The molecule has 1 aliphatic heterocycles. The van der Waals surface area contributed by atoms with Crippen molar-refractivity contribution in [1.29, 1.82) is 0 Å². The molecule has 120 valence electrons. The Kier molecular flexibility index (Phi) is 3.83. The Labute approximate surface area is 131 Å². The van der Waals surface area contributed by atoms with Crippen molar-refractivity contribution >= 4 is 17.3 Å². The van der Waals surface area contributed by atoms with Gasteiger partial charge in [0.15, 0.2) is 11.5 Å². The van der Waals surface area contributed by atoms with E-state index in [0.29, 0.717) is 30.4 Å². The number of ether oxygens (including phenoxy) is 2. The predicted molar refractivity (Wildman–Crippen MR) is 79.7 cm³/mol. The molecule has 0 fully saturated rings. The smallest absolute Gasteiger partial charge is 0.309 e. The molecule has 0 bridgehead atoms. The van der Waals surface area contributed by atoms with Crippen LogP contribution in [0.15, 0.2) is 24.4 Å². The van der Waals surface area contributed by atoms with E-state index in [-0.39, 0.29) is 23.8 Å². The minimum Gasteiger partial charge on any atom is -0.486 e. The van der Waals surface area contributed by atoms with Gasteiger partial charge in [-0.15, -0.1) is 0 Å². The van der Waals surface area contributed by atoms with Crippen molar-refractivity contribution in [1.82, 2.24) is 9.78 Å². The van der Waals surface area contributed by atoms with Gasteiger partial charge in [-0.2, -0.15) is 5.10 Å². The molecule has 0 saturated carbocycles. The van der Waals surface area contributed by atoms with Crippen LogP contribution < -0.4 is 14.8 Å². The van der Waals surface area contributed by atoms with Crippen LogP contribution in [-0.2, 0) is 11.3 Å². The number of rotatable bonds is 4. The van der Waals surface area contributed by atoms with E-state index < -0.39 is 4.92 Å². The molecule has 9 heteroatoms. The monoisotopic (exact) mass is 318 g/mol. The van der Waals surface area contributed by atoms with E-state index in [2.05, 4.69) is 10.4 Å². The minimum absolute atomic E-state index is 0.114. The van der Waals surface area contributed by atoms with Crippen LogP contribution in [0.1, 0.15) is 5.69 Å². The summed E-state index contributed by atoms with van der Waals surface area (Å²) in [7, 11) is 0. The highest BCUT2D eigenvalue weighted by Crippen LogP contribution is 2.32. The van der Waals surface area contributed by atoms with Gasteiger partial charge in [0.1, 0.15) is 31.6 Å². The number of carbonyl (C=O) groups excluding carboxylic acids is 1. The molecule has 2 aromatic rings. The molecular formula is C14H14N4O5. The second-order valence-corrected chi connectivity index (χ2v) is 4.96. The van der Waals surface area contributed by atoms with Crippen LogP contribution in [0.2, 0.25) is 0 Å². The zero-order chi connectivity index (χ0) is 16.4. The van der Waals surface area contributed by atoms with E-state index in [0.717, 1.165) is 0 Å². The third-order valence-corrected chi connectivity index (χ3v) is 3.25. The lowest BCUT2D eigenvalue weighted by molar-refractivity contribution is -0.385. The molecule has 0 spiro atoms. The standard InChI is InChI=1S/C14H14N4O5/c1-9-11(18(20)21)7-17(16-9)8-14(19)15-10-2-3-12-13(6-10)23-5-4-22-12/h2-3,6-7H,4-5,8H2,1H3,(H,15,19). The summed E-state index contributed by atoms with van der Waals surface area (Å²) in [5, 5.41) is 17.4. The van der Waals surface area contributed by atoms with Crippen LogP contribution in [0.25, 0.3) is 0 Å². The zero-order valence-electron chi connectivity index (χ0n) is 12.3. The van der Waals surface area contributed by atoms with Crippen molar-refractivity contribution in [3.63, 3.8) is 0 Å². The molecule has 1 aromatic carbocycles. The number of anilines is 1. The first-order chi connectivity index (χ1) is 11.0. The Balaban J connectivity index is 1.67. The lowest BCUT2D eigenvalue weighted by atomic mass is 10.2. The minimum atomic E-state index is -0.530. The van der Waals surface area contributed by atoms with Gasteiger partial charge in [-0.1, -0.05) is 0 Å². The number of aryl methyl sites for hydroxylation is 1. The molecular weight excluding hydrogens is 304 g/mol. The quantitative estimate of drug-likeness (QED) is 0.676. The third kappa shape index (κ3) is 3.23. The second kappa shape index (κ2) is 5.95. The summed E-state index contributed by atoms with van der Waals surface area (Å²) in [6, 6.07) is 5.08. The molecule has 2 heterocycles. The Morgan fingerprint density at radius 3 is 2.83 bits per heavy atom. The maximum atomic E-state index is 12.0. The van der Waals surface area contributed by atoms with Gasteiger partial charge in [0.05, 0.1) is 4.92 Å². The lowest BCUT2D eigenvalue weighted by Crippen LogP contribution is -2.20. The van der Waals surface area contributed by atoms with E-state index in [1.807, 2.05) is 0 Å². The van der Waals surface area contributed by atoms with E-state index >= 15 is 0 Å². The molecule has 23 heavy (non-hydrogen) atoms. The predicted octanol–water partition coefficient (Wildman–Crippen LogP) is 1.51. The van der Waals surface area contributed by atoms with E-state index in [9.17, 15) is 14.9 Å². The fourth-order valence-electron chi connectivity index (χ4n) is 2.24. The molecule has 1 aliphatic rings. The van der Waals surface area contributed by atoms with E-state index in [4.69, 9.17) is 9.47 Å². The summed E-state index contributed by atoms with van der Waals surface area (Å²) in [5.41, 5.74) is 0.705. The fraction of sp³-hybridized carbons (Fsp3) is 0.286. The second-order valence-electron chi connectivity index (χ2n) is 4.96. The highest BCUT2D eigenvalue weighted by atomic mass is 16.6. The first kappa shape index (κ1) is 14.8. The van der Waals surface area contributed by atoms with Gasteiger partial charge in [-0.3, -0.25) is 19.6 Å². The number of hydrogen-bond donors (Lipinski definition) is 1. The van der Waals surface area contributed by atoms with Crippen molar-refractivity contribution in [2.24, 2.45) is 0 Å². The van der Waals surface area contributed by atoms with Gasteiger partial charge in [0.2, 0.25) is 5.91 Å². The Morgan fingerprint density at radius 2 is 2.13 bits per heavy atom. The Bertz CT molecular complexity index is 771. The molecule has 1 aromatic heterocycles. The van der Waals surface area contributed by atoms with Crippen LogP contribution >= 0.6 is 0 Å². The summed E-state index contributed by atoms with van der Waals surface area (Å²) >= 11 is 0. The van der Waals surface area contributed by atoms with Crippen molar-refractivity contribution < 1.29 is 19.2 Å². The van der Waals surface area contributed by atoms with E-state index in [1.165, 1.54) is 17.8 Å². The Hall–Kier alpha value is -3.10. The highest BCUT2D eigenvalue weighted by molar-refractivity contribution is 5.90. The van der Waals surface area contributed by atoms with Gasteiger partial charge in [-0.25, -0.2) is 0 Å². The maximum absolute atomic E-state index is 12.0. The van der Waals surface area contributed by atoms with E-state index in [1.54, 1.807) is 18.2 Å². The summed E-state index contributed by atoms with van der Waals surface area (Å²) in [6.07, 6.45) is 1.23. The van der Waals surface area contributed by atoms with Crippen LogP contribution in [0.4, 0.5) is 11.4 Å². The third-order valence-electron chi connectivity index (χ3n) is 3.25. The van der Waals surface area contributed by atoms with Gasteiger partial charge in [-0.05, 0) is 19.1 Å². The number of benzene rings is 1. The molecule has 0 unspecified atom stereocenters. The van der Waals surface area contributed by atoms with Crippen LogP contribution in [0.5, 0.6) is 11.5 Å². The number of nitrogens with zero attached hydrogens (tertiary/aromatic N) is 3. The largest absolute Gasteiger partial charge is 0.486 e. The summed E-state index contributed by atoms with van der Waals surface area (Å²) in [6.45, 7) is 2.35. The normalized spacial score (nSPS) is 12.7. The first-order valence-corrected chi connectivity index (χ1v) is 6.91. The van der Waals surface area contributed by atoms with Crippen molar-refractivity contribution in [3.8, 4) is 11.5 Å². The zero-order valence-corrected chi connectivity index (χ0v) is 12.3. The highest BCUT2D eigenvalue weighted by Gasteiger charge is 2.17. The average Bonchev–Trinajstić information content (AvgIpc) is 2.87. The number of hydrogen-bond acceptors (Lipinski definition) is 6. The fourth-order valence-corrected chi connectivity index (χ4v) is 2.24. The number of nitro groups is 1. The molecule has 0 radical (unpaired) electrons. The van der Waals surface area contributed by atoms with Gasteiger partial charge >= 0.3 is 5.69 Å². The SMILES string of the molecule is Cc1nn(CC(=O)Nc2ccc3c(c2)OCCO3)cc1[N+](=O)[O-]. The van der Waals surface area contributed by atoms with Crippen LogP contribution in [-0.4, -0.2) is 33.8 Å². The molecule has 3 rings (SSSR count). The van der Waals surface area contributed by atoms with Crippen molar-refractivity contribution in [3.05, 3.63) is 40.2 Å². The lowest BCUT2D eigenvalue weighted by Gasteiger charge is -2.19. The number of carbonyl (C=O) groups is 1. The summed E-state index contributed by atoms with van der Waals surface area (Å²) in [4.78, 5) is 22.3. The average molecular weight is 318 g/mol. The first-order valence-electron chi connectivity index (χ1n) is 6.91. The van der Waals surface area contributed by atoms with Crippen LogP contribution in [0.3, 0.4) is 0 Å². The summed E-state index contributed by atoms with van der Waals surface area (Å²) < 4.78 is 12.1. The topological polar surface area (TPSA) is 109 Å². The molecule has 1 amide bonds. The number of amides is 1. The number of fused-ring (bicyclic) bond motifs is 1. The number of aromatic nitrogens is 2. The molecule has 9 nitrogen and oxygen atoms in total. The van der Waals surface area contributed by atoms with Gasteiger partial charge < -0.3 is 14.8 Å². The van der Waals surface area contributed by atoms with Crippen molar-refractivity contribution in [2.75, 3.05) is 18.5 Å². The van der Waals surface area contributed by atoms with Crippen LogP contribution in [0, 0.1) is 17.0 Å². The number of nitrogens with one attached hydrogen (secondary N) is 1. The van der Waals surface area contributed by atoms with Crippen molar-refractivity contribution in [2.45, 2.75) is 13.5 Å². The van der Waals surface area contributed by atoms with Gasteiger partial charge in [0, 0.05) is 11.8 Å². The molecule has 1 N–H and O–H groups in total. The molecule has 0 saturated heterocycles. The molecule has 0 atom stereocenters.